The first-order valence-electron chi connectivity index (χ1n) is 4.90. The van der Waals surface area contributed by atoms with Gasteiger partial charge in [0.1, 0.15) is 0 Å². The minimum Gasteiger partial charge on any atom is -0.481 e. The molecule has 0 bridgehead atoms. The number of carboxylic acid groups (broad SMARTS) is 1. The van der Waals surface area contributed by atoms with Crippen LogP contribution in [0.3, 0.4) is 0 Å². The first-order valence-corrected chi connectivity index (χ1v) is 4.90. The smallest absolute Gasteiger partial charge is 0.478 e. The second kappa shape index (κ2) is 8.58. The lowest BCUT2D eigenvalue weighted by Crippen LogP contribution is -3.05. The van der Waals surface area contributed by atoms with Gasteiger partial charge >= 0.3 is 12.9 Å². The van der Waals surface area contributed by atoms with Gasteiger partial charge in [-0.2, -0.15) is 0 Å². The van der Waals surface area contributed by atoms with Crippen molar-refractivity contribution in [3.05, 3.63) is 0 Å². The summed E-state index contributed by atoms with van der Waals surface area (Å²) in [6, 6.07) is 0. The molecule has 2 N–H and O–H groups in total. The molecule has 0 radical (unpaired) electrons. The Morgan fingerprint density at radius 3 is 1.93 bits per heavy atom. The Hall–Kier alpha value is -0.715. The van der Waals surface area contributed by atoms with E-state index in [-0.39, 0.29) is 0 Å². The first-order chi connectivity index (χ1) is 6.69. The third-order valence-corrected chi connectivity index (χ3v) is 1.53. The summed E-state index contributed by atoms with van der Waals surface area (Å²) in [6.45, 7) is -2.44. The molecule has 0 aliphatic rings. The molecule has 7 heteroatoms. The van der Waals surface area contributed by atoms with Crippen molar-refractivity contribution in [1.29, 1.82) is 0 Å². The summed E-state index contributed by atoms with van der Waals surface area (Å²) in [5.74, 6) is -0.698. The molecule has 0 heterocycles. The largest absolute Gasteiger partial charge is 0.481 e. The highest BCUT2D eigenvalue weighted by Gasteiger charge is 2.17. The molecule has 0 aromatic heterocycles. The fourth-order valence-corrected chi connectivity index (χ4v) is 0.593. The molecule has 0 aliphatic carbocycles. The van der Waals surface area contributed by atoms with Gasteiger partial charge in [-0.15, -0.1) is 0 Å². The van der Waals surface area contributed by atoms with Gasteiger partial charge in [0.2, 0.25) is 0 Å². The van der Waals surface area contributed by atoms with E-state index >= 15 is 0 Å². The van der Waals surface area contributed by atoms with Crippen molar-refractivity contribution in [1.82, 2.24) is 0 Å². The average Bonchev–Trinajstić information content (AvgIpc) is 2.02. The molecule has 15 heavy (non-hydrogen) atoms. The summed E-state index contributed by atoms with van der Waals surface area (Å²) in [5, 5.41) is 8.22. The molecule has 0 fully saturated rings. The molecule has 0 amide bonds. The predicted molar refractivity (Wildman–Crippen MR) is 54.1 cm³/mol. The van der Waals surface area contributed by atoms with Gasteiger partial charge < -0.3 is 23.0 Å². The van der Waals surface area contributed by atoms with Crippen LogP contribution in [-0.2, 0) is 4.79 Å². The van der Waals surface area contributed by atoms with Crippen LogP contribution in [0.2, 0.25) is 6.32 Å². The molecule has 92 valence electrons. The van der Waals surface area contributed by atoms with E-state index in [0.29, 0.717) is 6.42 Å². The maximum Gasteiger partial charge on any atom is 0.478 e. The highest BCUT2D eigenvalue weighted by Crippen LogP contribution is 2.11. The molecule has 0 atom stereocenters. The van der Waals surface area contributed by atoms with E-state index in [1.807, 2.05) is 14.1 Å². The average molecular weight is 229 g/mol. The van der Waals surface area contributed by atoms with Crippen molar-refractivity contribution >= 4 is 12.9 Å². The molecular formula is C8H19BF3NO2. The zero-order valence-electron chi connectivity index (χ0n) is 9.40. The third-order valence-electron chi connectivity index (χ3n) is 1.53. The van der Waals surface area contributed by atoms with E-state index in [4.69, 9.17) is 5.11 Å². The topological polar surface area (TPSA) is 41.7 Å². The van der Waals surface area contributed by atoms with E-state index < -0.39 is 19.3 Å². The van der Waals surface area contributed by atoms with Crippen LogP contribution in [0.1, 0.15) is 19.8 Å². The van der Waals surface area contributed by atoms with Gasteiger partial charge in [-0.05, 0) is 0 Å². The monoisotopic (exact) mass is 229 g/mol. The van der Waals surface area contributed by atoms with Crippen LogP contribution in [0.15, 0.2) is 0 Å². The summed E-state index contributed by atoms with van der Waals surface area (Å²) >= 11 is 0. The van der Waals surface area contributed by atoms with E-state index in [9.17, 15) is 17.7 Å². The van der Waals surface area contributed by atoms with E-state index in [1.54, 1.807) is 0 Å². The Balaban J connectivity index is 0. The Bertz CT molecular complexity index is 174. The molecular weight excluding hydrogens is 210 g/mol. The summed E-state index contributed by atoms with van der Waals surface area (Å²) in [7, 11) is 4.03. The molecule has 0 saturated carbocycles. The Kier molecular flexibility index (Phi) is 9.56. The van der Waals surface area contributed by atoms with Crippen LogP contribution < -0.4 is 4.90 Å². The second-order valence-corrected chi connectivity index (χ2v) is 3.57. The Morgan fingerprint density at radius 2 is 1.73 bits per heavy atom. The molecule has 0 unspecified atom stereocenters. The summed E-state index contributed by atoms with van der Waals surface area (Å²) in [4.78, 5) is 11.3. The maximum atomic E-state index is 10.8. The van der Waals surface area contributed by atoms with Gasteiger partial charge in [0.05, 0.1) is 27.1 Å². The lowest BCUT2D eigenvalue weighted by atomic mass is 9.88. The van der Waals surface area contributed by atoms with Gasteiger partial charge in [0.25, 0.3) is 0 Å². The highest BCUT2D eigenvalue weighted by atomic mass is 19.4. The molecule has 0 aromatic carbocycles. The molecule has 3 nitrogen and oxygen atoms in total. The van der Waals surface area contributed by atoms with Crippen LogP contribution in [0.25, 0.3) is 0 Å². The zero-order valence-corrected chi connectivity index (χ0v) is 9.40. The lowest BCUT2D eigenvalue weighted by Gasteiger charge is -2.06. The van der Waals surface area contributed by atoms with Crippen LogP contribution in [0.4, 0.5) is 12.9 Å². The van der Waals surface area contributed by atoms with Crippen molar-refractivity contribution in [2.24, 2.45) is 0 Å². The van der Waals surface area contributed by atoms with Crippen LogP contribution in [0, 0.1) is 0 Å². The summed E-state index contributed by atoms with van der Waals surface area (Å²) in [6.07, 6.45) is 0.406. The van der Waals surface area contributed by atoms with Crippen molar-refractivity contribution in [2.45, 2.75) is 26.1 Å². The number of halogens is 3. The molecule has 0 rings (SSSR count). The number of hydrogen-bond donors (Lipinski definition) is 2. The molecule has 0 aliphatic heterocycles. The van der Waals surface area contributed by atoms with Crippen molar-refractivity contribution in [3.8, 4) is 0 Å². The number of carboxylic acids is 1. The molecule has 0 spiro atoms. The first kappa shape index (κ1) is 16.7. The number of hydrogen-bond acceptors (Lipinski definition) is 1. The van der Waals surface area contributed by atoms with Crippen molar-refractivity contribution < 1.29 is 27.7 Å². The van der Waals surface area contributed by atoms with E-state index in [0.717, 1.165) is 19.9 Å². The van der Waals surface area contributed by atoms with E-state index in [2.05, 4.69) is 0 Å². The van der Waals surface area contributed by atoms with Gasteiger partial charge in [-0.1, -0.05) is 13.2 Å². The van der Waals surface area contributed by atoms with Gasteiger partial charge in [-0.25, -0.2) is 0 Å². The second-order valence-electron chi connectivity index (χ2n) is 3.57. The number of nitrogens with one attached hydrogen (secondary N) is 1. The van der Waals surface area contributed by atoms with Crippen LogP contribution in [-0.4, -0.2) is 38.7 Å². The van der Waals surface area contributed by atoms with Gasteiger partial charge in [0.15, 0.2) is 0 Å². The summed E-state index contributed by atoms with van der Waals surface area (Å²) in [5.41, 5.74) is 0. The number of quaternary nitrogens is 1. The normalized spacial score (nSPS) is 10.9. The zero-order chi connectivity index (χ0) is 12.5. The SMILES string of the molecule is CC[B-](F)(F)F.C[NH+](C)CCCC(=O)O. The number of rotatable bonds is 5. The fourth-order valence-electron chi connectivity index (χ4n) is 0.593. The highest BCUT2D eigenvalue weighted by molar-refractivity contribution is 6.58. The van der Waals surface area contributed by atoms with Crippen molar-refractivity contribution in [2.75, 3.05) is 20.6 Å². The van der Waals surface area contributed by atoms with Crippen LogP contribution >= 0.6 is 0 Å². The Morgan fingerprint density at radius 1 is 1.33 bits per heavy atom. The maximum absolute atomic E-state index is 10.8. The standard InChI is InChI=1S/C6H13NO2.C2H5BF3/c1-7(2)5-3-4-6(8)9;1-2-3(4,5)6/h3-5H2,1-2H3,(H,8,9);2H2,1H3/q;-1/p+1. The quantitative estimate of drug-likeness (QED) is 0.686. The number of carbonyl (C=O) groups is 1. The van der Waals surface area contributed by atoms with Gasteiger partial charge in [0, 0.05) is 6.42 Å². The predicted octanol–water partition coefficient (Wildman–Crippen LogP) is 0.849. The minimum absolute atomic E-state index is 0.297. The fraction of sp³-hybridized carbons (Fsp3) is 0.875. The Labute approximate surface area is 88.3 Å². The summed E-state index contributed by atoms with van der Waals surface area (Å²) < 4.78 is 32.5. The third kappa shape index (κ3) is 24.6. The minimum atomic E-state index is -4.49. The van der Waals surface area contributed by atoms with Gasteiger partial charge in [-0.3, -0.25) is 4.79 Å². The van der Waals surface area contributed by atoms with Crippen molar-refractivity contribution in [3.63, 3.8) is 0 Å². The molecule has 0 aromatic rings. The number of aliphatic carboxylic acids is 1. The lowest BCUT2D eigenvalue weighted by molar-refractivity contribution is -0.858. The van der Waals surface area contributed by atoms with Crippen LogP contribution in [0.5, 0.6) is 0 Å². The van der Waals surface area contributed by atoms with E-state index in [1.165, 1.54) is 4.90 Å². The molecule has 0 saturated heterocycles.